The number of benzene rings is 1. The lowest BCUT2D eigenvalue weighted by Gasteiger charge is -2.07. The van der Waals surface area contributed by atoms with Crippen LogP contribution in [0.25, 0.3) is 0 Å². The van der Waals surface area contributed by atoms with Gasteiger partial charge >= 0.3 is 0 Å². The van der Waals surface area contributed by atoms with Gasteiger partial charge in [-0.2, -0.15) is 5.10 Å². The van der Waals surface area contributed by atoms with E-state index in [1.165, 1.54) is 6.07 Å². The molecule has 4 nitrogen and oxygen atoms in total. The Morgan fingerprint density at radius 3 is 2.59 bits per heavy atom. The van der Waals surface area contributed by atoms with Crippen molar-refractivity contribution in [2.45, 2.75) is 13.8 Å². The molecular formula is C12H14FN3O. The zero-order chi connectivity index (χ0) is 12.6. The number of rotatable bonds is 2. The van der Waals surface area contributed by atoms with Crippen LogP contribution in [0.5, 0.6) is 11.6 Å². The lowest BCUT2D eigenvalue weighted by Crippen LogP contribution is -1.97. The van der Waals surface area contributed by atoms with E-state index in [0.29, 0.717) is 28.6 Å². The molecule has 17 heavy (non-hydrogen) atoms. The number of hydrogen-bond acceptors (Lipinski definition) is 3. The van der Waals surface area contributed by atoms with Crippen molar-refractivity contribution in [2.24, 2.45) is 7.05 Å². The van der Waals surface area contributed by atoms with Crippen molar-refractivity contribution in [3.63, 3.8) is 0 Å². The Bertz CT molecular complexity index is 563. The zero-order valence-corrected chi connectivity index (χ0v) is 9.99. The van der Waals surface area contributed by atoms with Gasteiger partial charge in [0, 0.05) is 7.05 Å². The summed E-state index contributed by atoms with van der Waals surface area (Å²) in [6.07, 6.45) is 0. The molecule has 1 heterocycles. The zero-order valence-electron chi connectivity index (χ0n) is 9.99. The molecule has 0 spiro atoms. The Morgan fingerprint density at radius 2 is 2.06 bits per heavy atom. The van der Waals surface area contributed by atoms with Crippen LogP contribution in [-0.4, -0.2) is 9.78 Å². The lowest BCUT2D eigenvalue weighted by atomic mass is 10.2. The molecule has 0 aliphatic heterocycles. The summed E-state index contributed by atoms with van der Waals surface area (Å²) in [6.45, 7) is 3.48. The van der Waals surface area contributed by atoms with Crippen LogP contribution in [0.15, 0.2) is 18.2 Å². The van der Waals surface area contributed by atoms with Crippen molar-refractivity contribution >= 4 is 5.69 Å². The van der Waals surface area contributed by atoms with Crippen molar-refractivity contribution in [1.82, 2.24) is 9.78 Å². The summed E-state index contributed by atoms with van der Waals surface area (Å²) >= 11 is 0. The molecule has 90 valence electrons. The Morgan fingerprint density at radius 1 is 1.35 bits per heavy atom. The molecule has 0 amide bonds. The highest BCUT2D eigenvalue weighted by atomic mass is 19.1. The van der Waals surface area contributed by atoms with Crippen molar-refractivity contribution in [1.29, 1.82) is 0 Å². The second kappa shape index (κ2) is 4.08. The van der Waals surface area contributed by atoms with Gasteiger partial charge in [0.25, 0.3) is 0 Å². The molecule has 1 aromatic carbocycles. The Hall–Kier alpha value is -2.04. The third-order valence-corrected chi connectivity index (χ3v) is 2.56. The highest BCUT2D eigenvalue weighted by Crippen LogP contribution is 2.29. The number of nitrogens with two attached hydrogens (primary N) is 1. The number of halogens is 1. The van der Waals surface area contributed by atoms with Gasteiger partial charge in [-0.3, -0.25) is 0 Å². The summed E-state index contributed by atoms with van der Waals surface area (Å²) in [5.74, 6) is 0.749. The molecule has 0 bridgehead atoms. The van der Waals surface area contributed by atoms with Crippen LogP contribution in [-0.2, 0) is 7.05 Å². The Balaban J connectivity index is 2.34. The van der Waals surface area contributed by atoms with Crippen LogP contribution in [0, 0.1) is 19.7 Å². The number of nitrogens with zero attached hydrogens (tertiary/aromatic N) is 2. The highest BCUT2D eigenvalue weighted by molar-refractivity contribution is 5.53. The van der Waals surface area contributed by atoms with Crippen molar-refractivity contribution in [2.75, 3.05) is 5.73 Å². The van der Waals surface area contributed by atoms with Crippen LogP contribution < -0.4 is 10.5 Å². The molecule has 0 saturated carbocycles. The van der Waals surface area contributed by atoms with Gasteiger partial charge in [0.15, 0.2) is 0 Å². The molecule has 0 radical (unpaired) electrons. The average molecular weight is 235 g/mol. The van der Waals surface area contributed by atoms with E-state index in [2.05, 4.69) is 5.10 Å². The number of ether oxygens (including phenoxy) is 1. The van der Waals surface area contributed by atoms with Gasteiger partial charge in [0.2, 0.25) is 5.88 Å². The fourth-order valence-electron chi connectivity index (χ4n) is 1.57. The molecule has 2 N–H and O–H groups in total. The van der Waals surface area contributed by atoms with Crippen molar-refractivity contribution in [3.8, 4) is 11.6 Å². The number of hydrogen-bond donors (Lipinski definition) is 1. The fraction of sp³-hybridized carbons (Fsp3) is 0.250. The summed E-state index contributed by atoms with van der Waals surface area (Å²) in [6, 6.07) is 4.55. The summed E-state index contributed by atoms with van der Waals surface area (Å²) in [5.41, 5.74) is 7.57. The average Bonchev–Trinajstić information content (AvgIpc) is 2.50. The van der Waals surface area contributed by atoms with Gasteiger partial charge in [-0.05, 0) is 37.6 Å². The maximum absolute atomic E-state index is 13.1. The fourth-order valence-corrected chi connectivity index (χ4v) is 1.57. The van der Waals surface area contributed by atoms with Crippen LogP contribution in [0.2, 0.25) is 0 Å². The minimum Gasteiger partial charge on any atom is -0.437 e. The lowest BCUT2D eigenvalue weighted by molar-refractivity contribution is 0.431. The number of anilines is 1. The Kier molecular flexibility index (Phi) is 2.75. The predicted molar refractivity (Wildman–Crippen MR) is 63.6 cm³/mol. The molecule has 5 heteroatoms. The van der Waals surface area contributed by atoms with Gasteiger partial charge in [0.1, 0.15) is 17.3 Å². The van der Waals surface area contributed by atoms with Crippen LogP contribution in [0.3, 0.4) is 0 Å². The summed E-state index contributed by atoms with van der Waals surface area (Å²) in [7, 11) is 1.75. The molecular weight excluding hydrogens is 221 g/mol. The van der Waals surface area contributed by atoms with Gasteiger partial charge < -0.3 is 10.5 Å². The number of aryl methyl sites for hydroxylation is 3. The highest BCUT2D eigenvalue weighted by Gasteiger charge is 2.12. The molecule has 0 aliphatic carbocycles. The second-order valence-electron chi connectivity index (χ2n) is 3.94. The molecule has 0 aliphatic rings. The smallest absolute Gasteiger partial charge is 0.241 e. The first kappa shape index (κ1) is 11.4. The van der Waals surface area contributed by atoms with Crippen molar-refractivity contribution < 1.29 is 9.13 Å². The van der Waals surface area contributed by atoms with Crippen LogP contribution in [0.1, 0.15) is 11.3 Å². The SMILES string of the molecule is Cc1cc(Oc2c(N)c(C)nn2C)ccc1F. The van der Waals surface area contributed by atoms with Crippen molar-refractivity contribution in [3.05, 3.63) is 35.3 Å². The second-order valence-corrected chi connectivity index (χ2v) is 3.94. The number of nitrogen functional groups attached to an aromatic ring is 1. The van der Waals surface area contributed by atoms with E-state index in [-0.39, 0.29) is 5.82 Å². The van der Waals surface area contributed by atoms with Crippen LogP contribution >= 0.6 is 0 Å². The Labute approximate surface area is 98.8 Å². The maximum atomic E-state index is 13.1. The quantitative estimate of drug-likeness (QED) is 0.870. The van der Waals surface area contributed by atoms with E-state index in [1.54, 1.807) is 37.7 Å². The van der Waals surface area contributed by atoms with E-state index < -0.39 is 0 Å². The molecule has 0 unspecified atom stereocenters. The predicted octanol–water partition coefficient (Wildman–Crippen LogP) is 2.55. The third kappa shape index (κ3) is 2.08. The summed E-state index contributed by atoms with van der Waals surface area (Å²) < 4.78 is 20.3. The topological polar surface area (TPSA) is 53.1 Å². The molecule has 1 aromatic heterocycles. The monoisotopic (exact) mass is 235 g/mol. The first-order chi connectivity index (χ1) is 7.99. The minimum atomic E-state index is -0.258. The molecule has 0 fully saturated rings. The normalized spacial score (nSPS) is 10.6. The summed E-state index contributed by atoms with van der Waals surface area (Å²) in [5, 5.41) is 4.14. The standard InChI is InChI=1S/C12H14FN3O/c1-7-6-9(4-5-10(7)13)17-12-11(14)8(2)15-16(12)3/h4-6H,14H2,1-3H3. The molecule has 0 atom stereocenters. The van der Waals surface area contributed by atoms with E-state index in [1.807, 2.05) is 0 Å². The first-order valence-corrected chi connectivity index (χ1v) is 5.22. The van der Waals surface area contributed by atoms with E-state index in [4.69, 9.17) is 10.5 Å². The van der Waals surface area contributed by atoms with Gasteiger partial charge in [-0.15, -0.1) is 0 Å². The molecule has 2 rings (SSSR count). The molecule has 2 aromatic rings. The van der Waals surface area contributed by atoms with Gasteiger partial charge in [-0.25, -0.2) is 9.07 Å². The van der Waals surface area contributed by atoms with E-state index in [0.717, 1.165) is 0 Å². The summed E-state index contributed by atoms with van der Waals surface area (Å²) in [4.78, 5) is 0. The minimum absolute atomic E-state index is 0.258. The third-order valence-electron chi connectivity index (χ3n) is 2.56. The van der Waals surface area contributed by atoms with E-state index >= 15 is 0 Å². The van der Waals surface area contributed by atoms with E-state index in [9.17, 15) is 4.39 Å². The van der Waals surface area contributed by atoms with Gasteiger partial charge in [0.05, 0.1) is 5.69 Å². The molecule has 0 saturated heterocycles. The van der Waals surface area contributed by atoms with Gasteiger partial charge in [-0.1, -0.05) is 0 Å². The maximum Gasteiger partial charge on any atom is 0.241 e. The van der Waals surface area contributed by atoms with Crippen LogP contribution in [0.4, 0.5) is 10.1 Å². The largest absolute Gasteiger partial charge is 0.437 e. The number of aromatic nitrogens is 2. The first-order valence-electron chi connectivity index (χ1n) is 5.22.